The van der Waals surface area contributed by atoms with Gasteiger partial charge in [0.1, 0.15) is 0 Å². The van der Waals surface area contributed by atoms with Crippen LogP contribution in [0.5, 0.6) is 0 Å². The molecule has 0 unspecified atom stereocenters. The Labute approximate surface area is 70.8 Å². The van der Waals surface area contributed by atoms with Gasteiger partial charge in [-0.25, -0.2) is 0 Å². The lowest BCUT2D eigenvalue weighted by atomic mass is 10.1. The molecule has 60 valence electrons. The molecule has 0 aromatic carbocycles. The summed E-state index contributed by atoms with van der Waals surface area (Å²) in [7, 11) is 0. The van der Waals surface area contributed by atoms with Crippen LogP contribution in [0.25, 0.3) is 0 Å². The topological polar surface area (TPSA) is 33.1 Å². The Morgan fingerprint density at radius 1 is 1.73 bits per heavy atom. The molecule has 0 aliphatic heterocycles. The Bertz CT molecular complexity index is 237. The largest absolute Gasteiger partial charge is 0.393 e. The van der Waals surface area contributed by atoms with Crippen molar-refractivity contribution in [2.45, 2.75) is 19.4 Å². The number of hydrogen-bond acceptors (Lipinski definition) is 2. The van der Waals surface area contributed by atoms with Crippen LogP contribution in [0.15, 0.2) is 18.5 Å². The first kappa shape index (κ1) is 8.50. The highest BCUT2D eigenvalue weighted by Gasteiger charge is 2.02. The van der Waals surface area contributed by atoms with E-state index >= 15 is 0 Å². The van der Waals surface area contributed by atoms with E-state index in [0.717, 1.165) is 5.56 Å². The summed E-state index contributed by atoms with van der Waals surface area (Å²) < 4.78 is 0. The minimum atomic E-state index is -0.352. The SMILES string of the molecule is C[C@H](O)Cc1ccncc1Cl. The fourth-order valence-corrected chi connectivity index (χ4v) is 1.08. The highest BCUT2D eigenvalue weighted by atomic mass is 35.5. The van der Waals surface area contributed by atoms with Crippen LogP contribution in [-0.4, -0.2) is 16.2 Å². The fraction of sp³-hybridized carbons (Fsp3) is 0.375. The van der Waals surface area contributed by atoms with E-state index in [4.69, 9.17) is 16.7 Å². The van der Waals surface area contributed by atoms with E-state index in [0.29, 0.717) is 11.4 Å². The third kappa shape index (κ3) is 2.48. The molecule has 1 aromatic rings. The van der Waals surface area contributed by atoms with Crippen LogP contribution in [0, 0.1) is 0 Å². The number of aliphatic hydroxyl groups excluding tert-OH is 1. The van der Waals surface area contributed by atoms with Crippen molar-refractivity contribution in [1.82, 2.24) is 4.98 Å². The highest BCUT2D eigenvalue weighted by molar-refractivity contribution is 6.31. The van der Waals surface area contributed by atoms with Crippen LogP contribution in [0.1, 0.15) is 12.5 Å². The van der Waals surface area contributed by atoms with Crippen LogP contribution >= 0.6 is 11.6 Å². The highest BCUT2D eigenvalue weighted by Crippen LogP contribution is 2.14. The van der Waals surface area contributed by atoms with E-state index in [1.807, 2.05) is 6.07 Å². The Hall–Kier alpha value is -0.600. The summed E-state index contributed by atoms with van der Waals surface area (Å²) in [6, 6.07) is 1.81. The zero-order chi connectivity index (χ0) is 8.27. The first-order valence-corrected chi connectivity index (χ1v) is 3.84. The van der Waals surface area contributed by atoms with E-state index in [1.54, 1.807) is 19.3 Å². The molecule has 1 N–H and O–H groups in total. The van der Waals surface area contributed by atoms with Crippen LogP contribution < -0.4 is 0 Å². The molecule has 0 aliphatic carbocycles. The van der Waals surface area contributed by atoms with Gasteiger partial charge in [-0.15, -0.1) is 0 Å². The number of aromatic nitrogens is 1. The molecular weight excluding hydrogens is 162 g/mol. The Morgan fingerprint density at radius 3 is 3.00 bits per heavy atom. The smallest absolute Gasteiger partial charge is 0.0622 e. The van der Waals surface area contributed by atoms with Crippen LogP contribution in [0.2, 0.25) is 5.02 Å². The van der Waals surface area contributed by atoms with Crippen molar-refractivity contribution in [3.8, 4) is 0 Å². The van der Waals surface area contributed by atoms with Crippen molar-refractivity contribution in [3.63, 3.8) is 0 Å². The maximum atomic E-state index is 9.05. The van der Waals surface area contributed by atoms with E-state index in [2.05, 4.69) is 4.98 Å². The summed E-state index contributed by atoms with van der Waals surface area (Å²) in [6.07, 6.45) is 3.49. The zero-order valence-corrected chi connectivity index (χ0v) is 7.04. The summed E-state index contributed by atoms with van der Waals surface area (Å²) >= 11 is 5.79. The Balaban J connectivity index is 2.78. The van der Waals surface area contributed by atoms with Gasteiger partial charge >= 0.3 is 0 Å². The van der Waals surface area contributed by atoms with Crippen molar-refractivity contribution in [1.29, 1.82) is 0 Å². The number of hydrogen-bond donors (Lipinski definition) is 1. The van der Waals surface area contributed by atoms with E-state index in [-0.39, 0.29) is 6.10 Å². The van der Waals surface area contributed by atoms with Gasteiger partial charge in [0, 0.05) is 12.4 Å². The molecule has 0 bridgehead atoms. The average Bonchev–Trinajstić information content (AvgIpc) is 1.93. The summed E-state index contributed by atoms with van der Waals surface area (Å²) in [6.45, 7) is 1.73. The number of halogens is 1. The molecular formula is C8H10ClNO. The molecule has 0 aliphatic rings. The minimum absolute atomic E-state index is 0.352. The van der Waals surface area contributed by atoms with Gasteiger partial charge < -0.3 is 5.11 Å². The van der Waals surface area contributed by atoms with Gasteiger partial charge in [-0.1, -0.05) is 11.6 Å². The average molecular weight is 172 g/mol. The molecule has 2 nitrogen and oxygen atoms in total. The second kappa shape index (κ2) is 3.69. The van der Waals surface area contributed by atoms with Crippen molar-refractivity contribution >= 4 is 11.6 Å². The number of aliphatic hydroxyl groups is 1. The summed E-state index contributed by atoms with van der Waals surface area (Å²) in [4.78, 5) is 3.84. The van der Waals surface area contributed by atoms with Gasteiger partial charge in [-0.05, 0) is 25.0 Å². The summed E-state index contributed by atoms with van der Waals surface area (Å²) in [5.74, 6) is 0. The van der Waals surface area contributed by atoms with Gasteiger partial charge in [0.2, 0.25) is 0 Å². The molecule has 0 radical (unpaired) electrons. The Morgan fingerprint density at radius 2 is 2.45 bits per heavy atom. The van der Waals surface area contributed by atoms with Crippen molar-refractivity contribution in [3.05, 3.63) is 29.0 Å². The molecule has 0 amide bonds. The lowest BCUT2D eigenvalue weighted by molar-refractivity contribution is 0.195. The molecule has 1 rings (SSSR count). The lowest BCUT2D eigenvalue weighted by Crippen LogP contribution is -2.04. The van der Waals surface area contributed by atoms with E-state index in [9.17, 15) is 0 Å². The number of pyridine rings is 1. The van der Waals surface area contributed by atoms with E-state index in [1.165, 1.54) is 0 Å². The third-order valence-electron chi connectivity index (χ3n) is 1.37. The van der Waals surface area contributed by atoms with Crippen molar-refractivity contribution < 1.29 is 5.11 Å². The quantitative estimate of drug-likeness (QED) is 0.734. The van der Waals surface area contributed by atoms with Gasteiger partial charge in [0.05, 0.1) is 11.1 Å². The summed E-state index contributed by atoms with van der Waals surface area (Å²) in [5.41, 5.74) is 0.941. The van der Waals surface area contributed by atoms with Crippen molar-refractivity contribution in [2.24, 2.45) is 0 Å². The summed E-state index contributed by atoms with van der Waals surface area (Å²) in [5, 5.41) is 9.67. The number of nitrogens with zero attached hydrogens (tertiary/aromatic N) is 1. The van der Waals surface area contributed by atoms with Crippen LogP contribution in [-0.2, 0) is 6.42 Å². The predicted octanol–water partition coefficient (Wildman–Crippen LogP) is 1.66. The van der Waals surface area contributed by atoms with E-state index < -0.39 is 0 Å². The third-order valence-corrected chi connectivity index (χ3v) is 1.71. The Kier molecular flexibility index (Phi) is 2.85. The standard InChI is InChI=1S/C8H10ClNO/c1-6(11)4-7-2-3-10-5-8(7)9/h2-3,5-6,11H,4H2,1H3/t6-/m0/s1. The molecule has 11 heavy (non-hydrogen) atoms. The number of rotatable bonds is 2. The zero-order valence-electron chi connectivity index (χ0n) is 6.29. The molecule has 3 heteroatoms. The predicted molar refractivity (Wildman–Crippen MR) is 44.6 cm³/mol. The van der Waals surface area contributed by atoms with Gasteiger partial charge in [-0.2, -0.15) is 0 Å². The van der Waals surface area contributed by atoms with Gasteiger partial charge in [0.15, 0.2) is 0 Å². The fourth-order valence-electron chi connectivity index (χ4n) is 0.888. The molecule has 0 saturated heterocycles. The first-order valence-electron chi connectivity index (χ1n) is 3.46. The molecule has 1 aromatic heterocycles. The van der Waals surface area contributed by atoms with Crippen LogP contribution in [0.3, 0.4) is 0 Å². The molecule has 1 heterocycles. The second-order valence-electron chi connectivity index (χ2n) is 2.52. The molecule has 0 saturated carbocycles. The maximum absolute atomic E-state index is 9.05. The lowest BCUT2D eigenvalue weighted by Gasteiger charge is -2.04. The molecule has 1 atom stereocenters. The van der Waals surface area contributed by atoms with Crippen molar-refractivity contribution in [2.75, 3.05) is 0 Å². The monoisotopic (exact) mass is 171 g/mol. The molecule has 0 spiro atoms. The molecule has 0 fully saturated rings. The van der Waals surface area contributed by atoms with Crippen LogP contribution in [0.4, 0.5) is 0 Å². The van der Waals surface area contributed by atoms with Gasteiger partial charge in [-0.3, -0.25) is 4.98 Å². The first-order chi connectivity index (χ1) is 5.20. The normalized spacial score (nSPS) is 13.0. The second-order valence-corrected chi connectivity index (χ2v) is 2.93. The maximum Gasteiger partial charge on any atom is 0.0622 e. The van der Waals surface area contributed by atoms with Gasteiger partial charge in [0.25, 0.3) is 0 Å². The minimum Gasteiger partial charge on any atom is -0.393 e.